The normalized spacial score (nSPS) is 14.1. The zero-order chi connectivity index (χ0) is 13.0. The number of nitrogens with one attached hydrogen (secondary N) is 2. The highest BCUT2D eigenvalue weighted by Gasteiger charge is 2.25. The van der Waals surface area contributed by atoms with Gasteiger partial charge in [0, 0.05) is 17.6 Å². The van der Waals surface area contributed by atoms with Crippen molar-refractivity contribution in [2.45, 2.75) is 58.5 Å². The molecule has 0 heterocycles. The van der Waals surface area contributed by atoms with Crippen LogP contribution in [0.5, 0.6) is 0 Å². The molecule has 0 aliphatic carbocycles. The van der Waals surface area contributed by atoms with E-state index in [1.807, 2.05) is 13.8 Å². The molecule has 0 fully saturated rings. The average molecular weight is 251 g/mol. The van der Waals surface area contributed by atoms with Gasteiger partial charge in [0.05, 0.1) is 0 Å². The van der Waals surface area contributed by atoms with Crippen molar-refractivity contribution in [2.75, 3.05) is 6.54 Å². The number of hydrogen-bond acceptors (Lipinski definition) is 3. The van der Waals surface area contributed by atoms with Gasteiger partial charge in [0.25, 0.3) is 10.2 Å². The highest BCUT2D eigenvalue weighted by molar-refractivity contribution is 7.87. The molecule has 0 bridgehead atoms. The van der Waals surface area contributed by atoms with Gasteiger partial charge in [0.1, 0.15) is 0 Å². The maximum Gasteiger partial charge on any atom is 0.277 e. The summed E-state index contributed by atoms with van der Waals surface area (Å²) >= 11 is 0. The standard InChI is InChI=1S/C10H25N3O2S/c1-6-10(11,7-2)8-12-16(14,15)13-9(3,4)5/h12-13H,6-8,11H2,1-5H3. The molecule has 0 atom stereocenters. The molecule has 0 aromatic heterocycles. The van der Waals surface area contributed by atoms with Gasteiger partial charge in [-0.25, -0.2) is 4.72 Å². The van der Waals surface area contributed by atoms with Gasteiger partial charge in [-0.05, 0) is 33.6 Å². The molecule has 0 aromatic rings. The van der Waals surface area contributed by atoms with Crippen molar-refractivity contribution in [1.29, 1.82) is 0 Å². The van der Waals surface area contributed by atoms with E-state index >= 15 is 0 Å². The van der Waals surface area contributed by atoms with Gasteiger partial charge in [-0.1, -0.05) is 13.8 Å². The van der Waals surface area contributed by atoms with Crippen molar-refractivity contribution >= 4 is 10.2 Å². The van der Waals surface area contributed by atoms with E-state index in [-0.39, 0.29) is 6.54 Å². The minimum atomic E-state index is -3.47. The lowest BCUT2D eigenvalue weighted by molar-refractivity contribution is 0.387. The van der Waals surface area contributed by atoms with Crippen LogP contribution in [0, 0.1) is 0 Å². The van der Waals surface area contributed by atoms with E-state index in [0.717, 1.165) is 12.8 Å². The second kappa shape index (κ2) is 5.44. The molecule has 0 spiro atoms. The lowest BCUT2D eigenvalue weighted by Gasteiger charge is -2.28. The fourth-order valence-corrected chi connectivity index (χ4v) is 2.53. The van der Waals surface area contributed by atoms with E-state index < -0.39 is 21.3 Å². The van der Waals surface area contributed by atoms with Crippen LogP contribution >= 0.6 is 0 Å². The predicted molar refractivity (Wildman–Crippen MR) is 67.3 cm³/mol. The first-order valence-corrected chi connectivity index (χ1v) is 7.09. The van der Waals surface area contributed by atoms with Gasteiger partial charge < -0.3 is 5.73 Å². The second-order valence-corrected chi connectivity index (χ2v) is 6.75. The molecule has 0 aliphatic heterocycles. The Balaban J connectivity index is 4.41. The summed E-state index contributed by atoms with van der Waals surface area (Å²) < 4.78 is 28.3. The summed E-state index contributed by atoms with van der Waals surface area (Å²) in [4.78, 5) is 0. The minimum absolute atomic E-state index is 0.255. The molecule has 0 saturated carbocycles. The van der Waals surface area contributed by atoms with Gasteiger partial charge in [-0.15, -0.1) is 0 Å². The molecule has 0 aromatic carbocycles. The van der Waals surface area contributed by atoms with E-state index in [9.17, 15) is 8.42 Å². The maximum atomic E-state index is 11.6. The van der Waals surface area contributed by atoms with Crippen LogP contribution in [0.25, 0.3) is 0 Å². The van der Waals surface area contributed by atoms with Crippen LogP contribution < -0.4 is 15.2 Å². The van der Waals surface area contributed by atoms with Crippen LogP contribution in [0.3, 0.4) is 0 Å². The Labute approximate surface area is 99.4 Å². The molecule has 0 rings (SSSR count). The zero-order valence-corrected chi connectivity index (χ0v) is 11.7. The van der Waals surface area contributed by atoms with E-state index in [2.05, 4.69) is 9.44 Å². The molecule has 5 nitrogen and oxygen atoms in total. The molecular formula is C10H25N3O2S. The zero-order valence-electron chi connectivity index (χ0n) is 10.9. The SMILES string of the molecule is CCC(N)(CC)CNS(=O)(=O)NC(C)(C)C. The Morgan fingerprint density at radius 3 is 1.88 bits per heavy atom. The van der Waals surface area contributed by atoms with E-state index in [4.69, 9.17) is 5.73 Å². The monoisotopic (exact) mass is 251 g/mol. The van der Waals surface area contributed by atoms with Crippen LogP contribution in [0.15, 0.2) is 0 Å². The molecule has 0 amide bonds. The molecule has 4 N–H and O–H groups in total. The van der Waals surface area contributed by atoms with Crippen molar-refractivity contribution in [1.82, 2.24) is 9.44 Å². The van der Waals surface area contributed by atoms with Crippen LogP contribution in [0.1, 0.15) is 47.5 Å². The number of rotatable bonds is 6. The molecule has 98 valence electrons. The molecule has 6 heteroatoms. The number of nitrogens with two attached hydrogens (primary N) is 1. The van der Waals surface area contributed by atoms with E-state index in [0.29, 0.717) is 0 Å². The molecule has 0 unspecified atom stereocenters. The summed E-state index contributed by atoms with van der Waals surface area (Å²) in [5, 5.41) is 0. The lowest BCUT2D eigenvalue weighted by atomic mass is 9.95. The summed E-state index contributed by atoms with van der Waals surface area (Å²) in [6.07, 6.45) is 1.48. The molecule has 0 saturated heterocycles. The first-order valence-electron chi connectivity index (χ1n) is 5.61. The third kappa shape index (κ3) is 6.42. The van der Waals surface area contributed by atoms with E-state index in [1.54, 1.807) is 20.8 Å². The number of hydrogen-bond donors (Lipinski definition) is 3. The van der Waals surface area contributed by atoms with Crippen LogP contribution in [0.2, 0.25) is 0 Å². The topological polar surface area (TPSA) is 84.2 Å². The lowest BCUT2D eigenvalue weighted by Crippen LogP contribution is -2.54. The van der Waals surface area contributed by atoms with Crippen molar-refractivity contribution in [3.05, 3.63) is 0 Å². The van der Waals surface area contributed by atoms with Crippen molar-refractivity contribution in [2.24, 2.45) is 5.73 Å². The summed E-state index contributed by atoms with van der Waals surface area (Å²) in [7, 11) is -3.47. The quantitative estimate of drug-likeness (QED) is 0.650. The van der Waals surface area contributed by atoms with Crippen LogP contribution in [-0.2, 0) is 10.2 Å². The highest BCUT2D eigenvalue weighted by Crippen LogP contribution is 2.10. The van der Waals surface area contributed by atoms with E-state index in [1.165, 1.54) is 0 Å². The fraction of sp³-hybridized carbons (Fsp3) is 1.00. The van der Waals surface area contributed by atoms with Gasteiger partial charge in [-0.3, -0.25) is 0 Å². The second-order valence-electron chi connectivity index (χ2n) is 5.25. The third-order valence-electron chi connectivity index (χ3n) is 2.46. The smallest absolute Gasteiger partial charge is 0.277 e. The Morgan fingerprint density at radius 1 is 1.12 bits per heavy atom. The summed E-state index contributed by atoms with van der Waals surface area (Å²) in [5.74, 6) is 0. The van der Waals surface area contributed by atoms with Gasteiger partial charge in [0.2, 0.25) is 0 Å². The van der Waals surface area contributed by atoms with Gasteiger partial charge in [0.15, 0.2) is 0 Å². The highest BCUT2D eigenvalue weighted by atomic mass is 32.2. The predicted octanol–water partition coefficient (Wildman–Crippen LogP) is 0.726. The third-order valence-corrected chi connectivity index (χ3v) is 3.87. The summed E-state index contributed by atoms with van der Waals surface area (Å²) in [6.45, 7) is 9.54. The van der Waals surface area contributed by atoms with Crippen molar-refractivity contribution < 1.29 is 8.42 Å². The molecular weight excluding hydrogens is 226 g/mol. The summed E-state index contributed by atoms with van der Waals surface area (Å²) in [5.41, 5.74) is 5.06. The van der Waals surface area contributed by atoms with Gasteiger partial charge >= 0.3 is 0 Å². The fourth-order valence-electron chi connectivity index (χ4n) is 1.18. The Morgan fingerprint density at radius 2 is 1.56 bits per heavy atom. The first kappa shape index (κ1) is 15.8. The maximum absolute atomic E-state index is 11.6. The average Bonchev–Trinajstić information content (AvgIpc) is 2.11. The Kier molecular flexibility index (Phi) is 5.38. The summed E-state index contributed by atoms with van der Waals surface area (Å²) in [6, 6.07) is 0. The van der Waals surface area contributed by atoms with Crippen molar-refractivity contribution in [3.63, 3.8) is 0 Å². The van der Waals surface area contributed by atoms with Gasteiger partial charge in [-0.2, -0.15) is 13.1 Å². The largest absolute Gasteiger partial charge is 0.324 e. The molecule has 16 heavy (non-hydrogen) atoms. The van der Waals surface area contributed by atoms with Crippen LogP contribution in [-0.4, -0.2) is 26.0 Å². The minimum Gasteiger partial charge on any atom is -0.324 e. The Hall–Kier alpha value is -0.170. The van der Waals surface area contributed by atoms with Crippen molar-refractivity contribution in [3.8, 4) is 0 Å². The Bertz CT molecular complexity index is 303. The first-order chi connectivity index (χ1) is 7.04. The van der Waals surface area contributed by atoms with Crippen LogP contribution in [0.4, 0.5) is 0 Å². The molecule has 0 aliphatic rings. The molecule has 0 radical (unpaired) electrons.